The van der Waals surface area contributed by atoms with Crippen LogP contribution in [0.3, 0.4) is 0 Å². The lowest BCUT2D eigenvalue weighted by atomic mass is 9.89. The Morgan fingerprint density at radius 3 is 2.54 bits per heavy atom. The Morgan fingerprint density at radius 1 is 1.38 bits per heavy atom. The lowest BCUT2D eigenvalue weighted by molar-refractivity contribution is 0.0109. The van der Waals surface area contributed by atoms with Crippen molar-refractivity contribution in [1.29, 1.82) is 5.26 Å². The first-order valence-corrected chi connectivity index (χ1v) is 5.23. The van der Waals surface area contributed by atoms with Crippen molar-refractivity contribution in [2.45, 2.75) is 45.6 Å². The van der Waals surface area contributed by atoms with Crippen molar-refractivity contribution in [3.8, 4) is 6.07 Å². The van der Waals surface area contributed by atoms with Gasteiger partial charge in [-0.25, -0.2) is 0 Å². The van der Waals surface area contributed by atoms with Crippen molar-refractivity contribution >= 4 is 0 Å². The standard InChI is InChI=1S/C11H19NO/c1-9-3-5-11(6-4-9)13-8-10(2)7-12/h9-11H,3-6,8H2,1-2H3. The van der Waals surface area contributed by atoms with Crippen LogP contribution in [-0.4, -0.2) is 12.7 Å². The van der Waals surface area contributed by atoms with Crippen LogP contribution in [0.15, 0.2) is 0 Å². The Bertz CT molecular complexity index is 177. The maximum Gasteiger partial charge on any atom is 0.0677 e. The van der Waals surface area contributed by atoms with Gasteiger partial charge in [0.15, 0.2) is 0 Å². The first-order valence-electron chi connectivity index (χ1n) is 5.23. The summed E-state index contributed by atoms with van der Waals surface area (Å²) in [5, 5.41) is 8.58. The maximum absolute atomic E-state index is 8.58. The third-order valence-electron chi connectivity index (χ3n) is 2.77. The quantitative estimate of drug-likeness (QED) is 0.670. The van der Waals surface area contributed by atoms with Crippen molar-refractivity contribution in [2.24, 2.45) is 11.8 Å². The summed E-state index contributed by atoms with van der Waals surface area (Å²) in [6.45, 7) is 4.81. The molecule has 1 aliphatic rings. The van der Waals surface area contributed by atoms with Crippen LogP contribution in [0.2, 0.25) is 0 Å². The minimum Gasteiger partial charge on any atom is -0.377 e. The summed E-state index contributed by atoms with van der Waals surface area (Å²) in [5.74, 6) is 0.910. The monoisotopic (exact) mass is 181 g/mol. The van der Waals surface area contributed by atoms with Gasteiger partial charge in [0.1, 0.15) is 0 Å². The molecule has 1 rings (SSSR count). The molecule has 1 atom stereocenters. The average molecular weight is 181 g/mol. The predicted octanol–water partition coefficient (Wildman–Crippen LogP) is 2.74. The molecule has 0 aromatic rings. The number of rotatable bonds is 3. The van der Waals surface area contributed by atoms with E-state index in [1.54, 1.807) is 0 Å². The van der Waals surface area contributed by atoms with Crippen molar-refractivity contribution in [1.82, 2.24) is 0 Å². The molecule has 13 heavy (non-hydrogen) atoms. The van der Waals surface area contributed by atoms with Gasteiger partial charge in [0.05, 0.1) is 24.7 Å². The number of hydrogen-bond donors (Lipinski definition) is 0. The van der Waals surface area contributed by atoms with Crippen LogP contribution in [-0.2, 0) is 4.74 Å². The summed E-state index contributed by atoms with van der Waals surface area (Å²) in [6.07, 6.45) is 5.35. The van der Waals surface area contributed by atoms with E-state index in [0.717, 1.165) is 5.92 Å². The number of hydrogen-bond acceptors (Lipinski definition) is 2. The van der Waals surface area contributed by atoms with Crippen molar-refractivity contribution in [2.75, 3.05) is 6.61 Å². The van der Waals surface area contributed by atoms with Crippen LogP contribution >= 0.6 is 0 Å². The Hall–Kier alpha value is -0.550. The first kappa shape index (κ1) is 10.5. The lowest BCUT2D eigenvalue weighted by Crippen LogP contribution is -2.22. The smallest absolute Gasteiger partial charge is 0.0677 e. The highest BCUT2D eigenvalue weighted by atomic mass is 16.5. The molecule has 1 saturated carbocycles. The zero-order chi connectivity index (χ0) is 9.68. The molecule has 2 heteroatoms. The highest BCUT2D eigenvalue weighted by Crippen LogP contribution is 2.25. The molecule has 0 radical (unpaired) electrons. The van der Waals surface area contributed by atoms with Gasteiger partial charge in [0.25, 0.3) is 0 Å². The van der Waals surface area contributed by atoms with Gasteiger partial charge >= 0.3 is 0 Å². The summed E-state index contributed by atoms with van der Waals surface area (Å²) in [7, 11) is 0. The van der Waals surface area contributed by atoms with Gasteiger partial charge in [-0.1, -0.05) is 6.92 Å². The third-order valence-corrected chi connectivity index (χ3v) is 2.77. The molecule has 0 amide bonds. The Kier molecular flexibility index (Phi) is 4.24. The number of ether oxygens (including phenoxy) is 1. The molecule has 1 aliphatic carbocycles. The molecule has 0 aromatic heterocycles. The minimum absolute atomic E-state index is 0.0411. The zero-order valence-electron chi connectivity index (χ0n) is 8.62. The van der Waals surface area contributed by atoms with Gasteiger partial charge in [-0.3, -0.25) is 0 Å². The summed E-state index contributed by atoms with van der Waals surface area (Å²) in [5.41, 5.74) is 0. The van der Waals surface area contributed by atoms with Gasteiger partial charge in [-0.05, 0) is 38.5 Å². The second-order valence-corrected chi connectivity index (χ2v) is 4.25. The molecule has 0 spiro atoms. The summed E-state index contributed by atoms with van der Waals surface area (Å²) < 4.78 is 5.66. The van der Waals surface area contributed by atoms with Gasteiger partial charge in [0, 0.05) is 0 Å². The molecule has 1 fully saturated rings. The topological polar surface area (TPSA) is 33.0 Å². The summed E-state index contributed by atoms with van der Waals surface area (Å²) in [4.78, 5) is 0. The predicted molar refractivity (Wildman–Crippen MR) is 52.1 cm³/mol. The first-order chi connectivity index (χ1) is 6.22. The molecule has 0 aromatic carbocycles. The van der Waals surface area contributed by atoms with E-state index in [1.807, 2.05) is 6.92 Å². The zero-order valence-corrected chi connectivity index (χ0v) is 8.62. The molecule has 0 saturated heterocycles. The van der Waals surface area contributed by atoms with Crippen LogP contribution in [0.4, 0.5) is 0 Å². The van der Waals surface area contributed by atoms with Crippen LogP contribution in [0.1, 0.15) is 39.5 Å². The molecule has 1 unspecified atom stereocenters. The fraction of sp³-hybridized carbons (Fsp3) is 0.909. The molecular weight excluding hydrogens is 162 g/mol. The minimum atomic E-state index is 0.0411. The second kappa shape index (κ2) is 5.24. The molecule has 0 aliphatic heterocycles. The maximum atomic E-state index is 8.58. The fourth-order valence-electron chi connectivity index (χ4n) is 1.71. The summed E-state index contributed by atoms with van der Waals surface area (Å²) >= 11 is 0. The number of nitriles is 1. The van der Waals surface area contributed by atoms with Crippen molar-refractivity contribution in [3.05, 3.63) is 0 Å². The van der Waals surface area contributed by atoms with Gasteiger partial charge < -0.3 is 4.74 Å². The van der Waals surface area contributed by atoms with E-state index < -0.39 is 0 Å². The largest absolute Gasteiger partial charge is 0.377 e. The lowest BCUT2D eigenvalue weighted by Gasteiger charge is -2.26. The molecule has 2 nitrogen and oxygen atoms in total. The Labute approximate surface area is 80.9 Å². The number of nitrogens with zero attached hydrogens (tertiary/aromatic N) is 1. The van der Waals surface area contributed by atoms with E-state index in [4.69, 9.17) is 10.00 Å². The molecule has 0 N–H and O–H groups in total. The van der Waals surface area contributed by atoms with E-state index in [-0.39, 0.29) is 5.92 Å². The van der Waals surface area contributed by atoms with E-state index in [2.05, 4.69) is 13.0 Å². The Morgan fingerprint density at radius 2 is 2.00 bits per heavy atom. The SMILES string of the molecule is CC(C#N)COC1CCC(C)CC1. The van der Waals surface area contributed by atoms with Crippen molar-refractivity contribution in [3.63, 3.8) is 0 Å². The van der Waals surface area contributed by atoms with E-state index in [9.17, 15) is 0 Å². The van der Waals surface area contributed by atoms with E-state index in [0.29, 0.717) is 12.7 Å². The second-order valence-electron chi connectivity index (χ2n) is 4.25. The van der Waals surface area contributed by atoms with Crippen molar-refractivity contribution < 1.29 is 4.74 Å². The van der Waals surface area contributed by atoms with Crippen LogP contribution in [0.5, 0.6) is 0 Å². The highest BCUT2D eigenvalue weighted by molar-refractivity contribution is 4.79. The van der Waals surface area contributed by atoms with Gasteiger partial charge in [0.2, 0.25) is 0 Å². The van der Waals surface area contributed by atoms with Crippen LogP contribution < -0.4 is 0 Å². The normalized spacial score (nSPS) is 30.8. The van der Waals surface area contributed by atoms with Crippen LogP contribution in [0, 0.1) is 23.2 Å². The summed E-state index contributed by atoms with van der Waals surface area (Å²) in [6, 6.07) is 2.19. The van der Waals surface area contributed by atoms with E-state index in [1.165, 1.54) is 25.7 Å². The Balaban J connectivity index is 2.13. The van der Waals surface area contributed by atoms with E-state index >= 15 is 0 Å². The van der Waals surface area contributed by atoms with Crippen LogP contribution in [0.25, 0.3) is 0 Å². The highest BCUT2D eigenvalue weighted by Gasteiger charge is 2.18. The molecule has 0 bridgehead atoms. The van der Waals surface area contributed by atoms with Gasteiger partial charge in [-0.2, -0.15) is 5.26 Å². The molecule has 0 heterocycles. The molecular formula is C11H19NO. The average Bonchev–Trinajstić information content (AvgIpc) is 2.16. The third kappa shape index (κ3) is 3.78. The molecule has 74 valence electrons. The fourth-order valence-corrected chi connectivity index (χ4v) is 1.71. The van der Waals surface area contributed by atoms with Gasteiger partial charge in [-0.15, -0.1) is 0 Å².